The zero-order valence-electron chi connectivity index (χ0n) is 13.9. The van der Waals surface area contributed by atoms with Crippen molar-refractivity contribution in [3.8, 4) is 0 Å². The highest BCUT2D eigenvalue weighted by Gasteiger charge is 2.48. The lowest BCUT2D eigenvalue weighted by Crippen LogP contribution is -2.51. The van der Waals surface area contributed by atoms with Crippen molar-refractivity contribution in [2.24, 2.45) is 0 Å². The van der Waals surface area contributed by atoms with Crippen LogP contribution in [-0.4, -0.2) is 40.1 Å². The molecular formula is C17H25NO4. The zero-order valence-corrected chi connectivity index (χ0v) is 13.9. The first-order valence-corrected chi connectivity index (χ1v) is 7.51. The Balaban J connectivity index is 2.25. The highest BCUT2D eigenvalue weighted by Crippen LogP contribution is 2.35. The van der Waals surface area contributed by atoms with Gasteiger partial charge in [0.05, 0.1) is 12.6 Å². The van der Waals surface area contributed by atoms with Crippen LogP contribution in [0.4, 0.5) is 4.79 Å². The summed E-state index contributed by atoms with van der Waals surface area (Å²) in [6.07, 6.45) is -1.30. The van der Waals surface area contributed by atoms with Gasteiger partial charge in [0, 0.05) is 0 Å². The number of aliphatic hydroxyl groups excluding tert-OH is 1. The molecule has 1 amide bonds. The Hall–Kier alpha value is -1.59. The number of rotatable bonds is 2. The van der Waals surface area contributed by atoms with Gasteiger partial charge in [-0.2, -0.15) is 0 Å². The summed E-state index contributed by atoms with van der Waals surface area (Å²) in [7, 11) is 0. The Kier molecular flexibility index (Phi) is 4.49. The SMILES string of the molecule is CC(C)(C)OC(=O)N1[C@@H]([C@@H](O)[13c]2[13cH][13cH][13cH][13cH][13cH]2)COC1(C)C. The van der Waals surface area contributed by atoms with Crippen molar-refractivity contribution in [2.45, 2.75) is 58.1 Å². The van der Waals surface area contributed by atoms with Crippen LogP contribution in [0.1, 0.15) is 46.3 Å². The number of carbonyl (C=O) groups excluding carboxylic acids is 1. The van der Waals surface area contributed by atoms with Gasteiger partial charge in [0.15, 0.2) is 0 Å². The van der Waals surface area contributed by atoms with Crippen LogP contribution in [-0.2, 0) is 9.47 Å². The number of nitrogens with zero attached hydrogens (tertiary/aromatic N) is 1. The molecule has 2 rings (SSSR count). The van der Waals surface area contributed by atoms with Crippen LogP contribution in [0, 0.1) is 0 Å². The summed E-state index contributed by atoms with van der Waals surface area (Å²) < 4.78 is 11.2. The number of carbonyl (C=O) groups is 1. The van der Waals surface area contributed by atoms with Gasteiger partial charge in [-0.3, -0.25) is 4.90 Å². The monoisotopic (exact) mass is 313 g/mol. The molecule has 1 heterocycles. The number of hydrogen-bond donors (Lipinski definition) is 1. The summed E-state index contributed by atoms with van der Waals surface area (Å²) in [6, 6.07) is 8.80. The fraction of sp³-hybridized carbons (Fsp3) is 0.588. The standard InChI is InChI=1S/C17H25NO4/c1-16(2,3)22-15(20)18-13(11-21-17(18,4)5)14(19)12-9-7-6-8-10-12/h6-10,13-14,19H,11H2,1-5H3/t13-,14+/m1/s1/i6+1,7+1,8+1,9+1,10+1,12+1. The van der Waals surface area contributed by atoms with E-state index in [1.54, 1.807) is 13.8 Å². The van der Waals surface area contributed by atoms with Gasteiger partial charge < -0.3 is 14.6 Å². The maximum atomic E-state index is 12.5. The molecule has 0 saturated carbocycles. The minimum atomic E-state index is -0.824. The molecule has 5 nitrogen and oxygen atoms in total. The Morgan fingerprint density at radius 1 is 1.36 bits per heavy atom. The molecule has 0 spiro atoms. The maximum Gasteiger partial charge on any atom is 0.413 e. The van der Waals surface area contributed by atoms with Crippen LogP contribution < -0.4 is 0 Å². The van der Waals surface area contributed by atoms with Crippen molar-refractivity contribution >= 4 is 6.09 Å². The van der Waals surface area contributed by atoms with Crippen LogP contribution in [0.3, 0.4) is 0 Å². The van der Waals surface area contributed by atoms with E-state index in [9.17, 15) is 9.90 Å². The smallest absolute Gasteiger partial charge is 0.413 e. The molecule has 1 aliphatic heterocycles. The first-order valence-electron chi connectivity index (χ1n) is 7.51. The summed E-state index contributed by atoms with van der Waals surface area (Å²) in [5, 5.41) is 10.6. The fourth-order valence-electron chi connectivity index (χ4n) is 2.60. The third kappa shape index (κ3) is 3.59. The lowest BCUT2D eigenvalue weighted by atomic mass is 10.1. The van der Waals surface area contributed by atoms with Crippen LogP contribution >= 0.6 is 0 Å². The first-order chi connectivity index (χ1) is 10.1. The molecule has 1 aromatic carbocycles. The van der Waals surface area contributed by atoms with Gasteiger partial charge in [-0.05, 0) is 40.2 Å². The molecule has 1 saturated heterocycles. The number of aliphatic hydroxyl groups is 1. The highest BCUT2D eigenvalue weighted by molar-refractivity contribution is 5.70. The van der Waals surface area contributed by atoms with Crippen LogP contribution in [0.15, 0.2) is 30.3 Å². The summed E-state index contributed by atoms with van der Waals surface area (Å²) in [4.78, 5) is 14.0. The topological polar surface area (TPSA) is 59.0 Å². The summed E-state index contributed by atoms with van der Waals surface area (Å²) in [5.41, 5.74) is -0.664. The number of amides is 1. The number of benzene rings is 1. The van der Waals surface area contributed by atoms with Gasteiger partial charge in [0.25, 0.3) is 0 Å². The first kappa shape index (κ1) is 16.8. The van der Waals surface area contributed by atoms with E-state index >= 15 is 0 Å². The molecule has 0 aromatic heterocycles. The van der Waals surface area contributed by atoms with Crippen molar-refractivity contribution in [3.05, 3.63) is 35.9 Å². The van der Waals surface area contributed by atoms with Gasteiger partial charge in [-0.25, -0.2) is 4.79 Å². The molecule has 0 radical (unpaired) electrons. The van der Waals surface area contributed by atoms with E-state index < -0.39 is 29.6 Å². The molecule has 1 aromatic rings. The second kappa shape index (κ2) is 5.89. The molecular weight excluding hydrogens is 288 g/mol. The third-order valence-electron chi connectivity index (χ3n) is 3.61. The van der Waals surface area contributed by atoms with E-state index in [0.717, 1.165) is 5.56 Å². The van der Waals surface area contributed by atoms with Crippen molar-refractivity contribution in [2.75, 3.05) is 6.61 Å². The summed E-state index contributed by atoms with van der Waals surface area (Å²) >= 11 is 0. The third-order valence-corrected chi connectivity index (χ3v) is 3.61. The molecule has 5 heteroatoms. The molecule has 22 heavy (non-hydrogen) atoms. The maximum absolute atomic E-state index is 12.5. The minimum Gasteiger partial charge on any atom is -0.444 e. The molecule has 2 atom stereocenters. The van der Waals surface area contributed by atoms with Crippen LogP contribution in [0.5, 0.6) is 0 Å². The van der Waals surface area contributed by atoms with Crippen molar-refractivity contribution in [1.29, 1.82) is 0 Å². The fourth-order valence-corrected chi connectivity index (χ4v) is 2.60. The average Bonchev–Trinajstić information content (AvgIpc) is 2.72. The largest absolute Gasteiger partial charge is 0.444 e. The minimum absolute atomic E-state index is 0.266. The number of ether oxygens (including phenoxy) is 2. The molecule has 0 bridgehead atoms. The summed E-state index contributed by atoms with van der Waals surface area (Å²) in [6.45, 7) is 9.32. The van der Waals surface area contributed by atoms with Gasteiger partial charge in [0.1, 0.15) is 17.4 Å². The Morgan fingerprint density at radius 2 is 1.95 bits per heavy atom. The van der Waals surface area contributed by atoms with E-state index in [4.69, 9.17) is 9.47 Å². The lowest BCUT2D eigenvalue weighted by Gasteiger charge is -2.36. The van der Waals surface area contributed by atoms with Crippen molar-refractivity contribution < 1.29 is 19.4 Å². The summed E-state index contributed by atoms with van der Waals surface area (Å²) in [5.74, 6) is 0. The van der Waals surface area contributed by atoms with Crippen molar-refractivity contribution in [3.63, 3.8) is 0 Å². The van der Waals surface area contributed by atoms with E-state index in [-0.39, 0.29) is 6.61 Å². The zero-order chi connectivity index (χ0) is 16.5. The number of hydrogen-bond acceptors (Lipinski definition) is 4. The Bertz CT molecular complexity index is 521. The Morgan fingerprint density at radius 3 is 2.50 bits per heavy atom. The van der Waals surface area contributed by atoms with E-state index in [0.29, 0.717) is 0 Å². The molecule has 122 valence electrons. The van der Waals surface area contributed by atoms with Crippen LogP contribution in [0.25, 0.3) is 0 Å². The molecule has 0 aliphatic carbocycles. The predicted molar refractivity (Wildman–Crippen MR) is 83.3 cm³/mol. The second-order valence-corrected chi connectivity index (χ2v) is 7.03. The second-order valence-electron chi connectivity index (χ2n) is 7.03. The predicted octanol–water partition coefficient (Wildman–Crippen LogP) is 3.09. The normalized spacial score (nSPS) is 22.5. The Labute approximate surface area is 131 Å². The molecule has 1 aliphatic rings. The van der Waals surface area contributed by atoms with Gasteiger partial charge in [0.2, 0.25) is 0 Å². The van der Waals surface area contributed by atoms with Crippen LogP contribution in [0.2, 0.25) is 0 Å². The van der Waals surface area contributed by atoms with E-state index in [1.807, 2.05) is 51.1 Å². The van der Waals surface area contributed by atoms with E-state index in [1.165, 1.54) is 4.90 Å². The van der Waals surface area contributed by atoms with Gasteiger partial charge in [-0.15, -0.1) is 0 Å². The van der Waals surface area contributed by atoms with Crippen molar-refractivity contribution in [1.82, 2.24) is 4.90 Å². The molecule has 1 fully saturated rings. The average molecular weight is 313 g/mol. The van der Waals surface area contributed by atoms with E-state index in [2.05, 4.69) is 0 Å². The lowest BCUT2D eigenvalue weighted by molar-refractivity contribution is -0.0679. The quantitative estimate of drug-likeness (QED) is 0.911. The van der Waals surface area contributed by atoms with Gasteiger partial charge >= 0.3 is 6.09 Å². The molecule has 0 unspecified atom stereocenters. The molecule has 1 N–H and O–H groups in total. The van der Waals surface area contributed by atoms with Gasteiger partial charge in [-0.1, -0.05) is 30.3 Å². The highest BCUT2D eigenvalue weighted by atomic mass is 16.6.